The van der Waals surface area contributed by atoms with Gasteiger partial charge in [-0.05, 0) is 13.3 Å². The van der Waals surface area contributed by atoms with Crippen LogP contribution < -0.4 is 0 Å². The summed E-state index contributed by atoms with van der Waals surface area (Å²) in [5, 5.41) is 8.35. The lowest BCUT2D eigenvalue weighted by Crippen LogP contribution is -2.15. The SMILES string of the molecule is CC/C(C)=N\N=C(/C(=O)c1ccccc1)c1ccccc1. The average molecular weight is 278 g/mol. The number of ketones is 1. The maximum Gasteiger partial charge on any atom is 0.213 e. The molecule has 0 fully saturated rings. The smallest absolute Gasteiger partial charge is 0.213 e. The number of hydrogen-bond donors (Lipinski definition) is 0. The van der Waals surface area contributed by atoms with E-state index in [0.717, 1.165) is 17.7 Å². The predicted octanol–water partition coefficient (Wildman–Crippen LogP) is 4.14. The molecule has 0 amide bonds. The van der Waals surface area contributed by atoms with E-state index in [1.807, 2.05) is 62.4 Å². The van der Waals surface area contributed by atoms with Crippen LogP contribution in [0.4, 0.5) is 0 Å². The van der Waals surface area contributed by atoms with Gasteiger partial charge < -0.3 is 0 Å². The average Bonchev–Trinajstić information content (AvgIpc) is 2.56. The number of carbonyl (C=O) groups excluding carboxylic acids is 1. The zero-order valence-electron chi connectivity index (χ0n) is 12.3. The van der Waals surface area contributed by atoms with Crippen LogP contribution >= 0.6 is 0 Å². The van der Waals surface area contributed by atoms with E-state index in [1.54, 1.807) is 12.1 Å². The van der Waals surface area contributed by atoms with Gasteiger partial charge in [0.2, 0.25) is 5.78 Å². The number of carbonyl (C=O) groups is 1. The van der Waals surface area contributed by atoms with Gasteiger partial charge in [0.05, 0.1) is 0 Å². The maximum atomic E-state index is 12.6. The molecule has 0 N–H and O–H groups in total. The molecule has 106 valence electrons. The summed E-state index contributed by atoms with van der Waals surface area (Å²) in [5.41, 5.74) is 2.65. The third kappa shape index (κ3) is 3.96. The molecule has 0 aliphatic heterocycles. The fourth-order valence-electron chi connectivity index (χ4n) is 1.76. The molecule has 0 radical (unpaired) electrons. The summed E-state index contributed by atoms with van der Waals surface area (Å²) in [6.45, 7) is 3.91. The van der Waals surface area contributed by atoms with Crippen molar-refractivity contribution in [3.8, 4) is 0 Å². The van der Waals surface area contributed by atoms with E-state index in [-0.39, 0.29) is 5.78 Å². The van der Waals surface area contributed by atoms with Crippen molar-refractivity contribution in [1.82, 2.24) is 0 Å². The molecule has 0 saturated carbocycles. The molecule has 0 aliphatic rings. The van der Waals surface area contributed by atoms with Gasteiger partial charge in [-0.25, -0.2) is 0 Å². The van der Waals surface area contributed by atoms with Crippen LogP contribution in [0.15, 0.2) is 70.9 Å². The van der Waals surface area contributed by atoms with Gasteiger partial charge >= 0.3 is 0 Å². The molecule has 0 heterocycles. The summed E-state index contributed by atoms with van der Waals surface area (Å²) < 4.78 is 0. The van der Waals surface area contributed by atoms with Crippen LogP contribution in [0.5, 0.6) is 0 Å². The third-order valence-corrected chi connectivity index (χ3v) is 3.13. The van der Waals surface area contributed by atoms with Crippen LogP contribution in [0, 0.1) is 0 Å². The standard InChI is InChI=1S/C18H18N2O/c1-3-14(2)19-20-17(15-10-6-4-7-11-15)18(21)16-12-8-5-9-13-16/h4-13H,3H2,1-2H3/b19-14-,20-17-. The van der Waals surface area contributed by atoms with Crippen molar-refractivity contribution in [2.45, 2.75) is 20.3 Å². The Bertz CT molecular complexity index is 658. The molecule has 3 nitrogen and oxygen atoms in total. The van der Waals surface area contributed by atoms with E-state index < -0.39 is 0 Å². The predicted molar refractivity (Wildman–Crippen MR) is 87.2 cm³/mol. The van der Waals surface area contributed by atoms with Gasteiger partial charge in [-0.15, -0.1) is 5.10 Å². The summed E-state index contributed by atoms with van der Waals surface area (Å²) >= 11 is 0. The fourth-order valence-corrected chi connectivity index (χ4v) is 1.76. The Hall–Kier alpha value is -2.55. The summed E-state index contributed by atoms with van der Waals surface area (Å²) in [6.07, 6.45) is 0.811. The van der Waals surface area contributed by atoms with Crippen LogP contribution in [0.2, 0.25) is 0 Å². The number of hydrogen-bond acceptors (Lipinski definition) is 3. The molecular weight excluding hydrogens is 260 g/mol. The normalized spacial score (nSPS) is 12.3. The first kappa shape index (κ1) is 14.9. The summed E-state index contributed by atoms with van der Waals surface area (Å²) in [7, 11) is 0. The van der Waals surface area contributed by atoms with Crippen LogP contribution in [-0.2, 0) is 0 Å². The van der Waals surface area contributed by atoms with Gasteiger partial charge in [0.1, 0.15) is 5.71 Å². The molecule has 0 aliphatic carbocycles. The monoisotopic (exact) mass is 278 g/mol. The Balaban J connectivity index is 2.44. The second-order valence-corrected chi connectivity index (χ2v) is 4.70. The van der Waals surface area contributed by atoms with Crippen molar-refractivity contribution in [3.63, 3.8) is 0 Å². The minimum absolute atomic E-state index is 0.116. The van der Waals surface area contributed by atoms with Crippen molar-refractivity contribution >= 4 is 17.2 Å². The maximum absolute atomic E-state index is 12.6. The van der Waals surface area contributed by atoms with Gasteiger partial charge in [-0.2, -0.15) is 5.10 Å². The molecule has 0 saturated heterocycles. The summed E-state index contributed by atoms with van der Waals surface area (Å²) in [6, 6.07) is 18.6. The zero-order chi connectivity index (χ0) is 15.1. The van der Waals surface area contributed by atoms with E-state index >= 15 is 0 Å². The number of Topliss-reactive ketones (excluding diaryl/α,β-unsaturated/α-hetero) is 1. The second kappa shape index (κ2) is 7.29. The molecule has 0 atom stereocenters. The van der Waals surface area contributed by atoms with E-state index in [4.69, 9.17) is 0 Å². The Morgan fingerprint density at radius 3 is 1.90 bits per heavy atom. The Labute approximate surface area is 125 Å². The van der Waals surface area contributed by atoms with Crippen LogP contribution in [0.1, 0.15) is 36.2 Å². The number of rotatable bonds is 5. The van der Waals surface area contributed by atoms with Crippen molar-refractivity contribution < 1.29 is 4.79 Å². The van der Waals surface area contributed by atoms with E-state index in [0.29, 0.717) is 11.3 Å². The Morgan fingerprint density at radius 2 is 1.38 bits per heavy atom. The molecular formula is C18H18N2O. The van der Waals surface area contributed by atoms with Gasteiger partial charge in [-0.3, -0.25) is 4.79 Å². The van der Waals surface area contributed by atoms with Crippen LogP contribution in [0.3, 0.4) is 0 Å². The van der Waals surface area contributed by atoms with Gasteiger partial charge in [0, 0.05) is 16.8 Å². The first-order valence-electron chi connectivity index (χ1n) is 6.98. The minimum atomic E-state index is -0.116. The Kier molecular flexibility index (Phi) is 5.16. The van der Waals surface area contributed by atoms with Crippen molar-refractivity contribution in [3.05, 3.63) is 71.8 Å². The molecule has 0 aromatic heterocycles. The highest BCUT2D eigenvalue weighted by atomic mass is 16.1. The molecule has 21 heavy (non-hydrogen) atoms. The zero-order valence-corrected chi connectivity index (χ0v) is 12.3. The quantitative estimate of drug-likeness (QED) is 0.460. The Morgan fingerprint density at radius 1 is 0.857 bits per heavy atom. The lowest BCUT2D eigenvalue weighted by Gasteiger charge is -2.04. The lowest BCUT2D eigenvalue weighted by atomic mass is 10.0. The minimum Gasteiger partial charge on any atom is -0.287 e. The van der Waals surface area contributed by atoms with Crippen molar-refractivity contribution in [2.24, 2.45) is 10.2 Å². The highest BCUT2D eigenvalue weighted by molar-refractivity contribution is 6.51. The van der Waals surface area contributed by atoms with Gasteiger partial charge in [0.25, 0.3) is 0 Å². The molecule has 0 bridgehead atoms. The van der Waals surface area contributed by atoms with Crippen molar-refractivity contribution in [2.75, 3.05) is 0 Å². The fraction of sp³-hybridized carbons (Fsp3) is 0.167. The number of benzene rings is 2. The second-order valence-electron chi connectivity index (χ2n) is 4.70. The molecule has 3 heteroatoms. The molecule has 2 aromatic carbocycles. The highest BCUT2D eigenvalue weighted by Crippen LogP contribution is 2.09. The van der Waals surface area contributed by atoms with E-state index in [2.05, 4.69) is 10.2 Å². The lowest BCUT2D eigenvalue weighted by molar-refractivity contribution is 0.106. The van der Waals surface area contributed by atoms with E-state index in [1.165, 1.54) is 0 Å². The van der Waals surface area contributed by atoms with Gasteiger partial charge in [-0.1, -0.05) is 67.6 Å². The summed E-state index contributed by atoms with van der Waals surface area (Å²) in [5.74, 6) is -0.116. The first-order chi connectivity index (χ1) is 10.2. The summed E-state index contributed by atoms with van der Waals surface area (Å²) in [4.78, 5) is 12.6. The van der Waals surface area contributed by atoms with Crippen molar-refractivity contribution in [1.29, 1.82) is 0 Å². The van der Waals surface area contributed by atoms with E-state index in [9.17, 15) is 4.79 Å². The third-order valence-electron chi connectivity index (χ3n) is 3.13. The molecule has 2 aromatic rings. The molecule has 0 spiro atoms. The van der Waals surface area contributed by atoms with Crippen LogP contribution in [-0.4, -0.2) is 17.2 Å². The highest BCUT2D eigenvalue weighted by Gasteiger charge is 2.16. The topological polar surface area (TPSA) is 41.8 Å². The molecule has 2 rings (SSSR count). The first-order valence-corrected chi connectivity index (χ1v) is 6.98. The molecule has 0 unspecified atom stereocenters. The number of nitrogens with zero attached hydrogens (tertiary/aromatic N) is 2. The van der Waals surface area contributed by atoms with Crippen LogP contribution in [0.25, 0.3) is 0 Å². The largest absolute Gasteiger partial charge is 0.287 e. The van der Waals surface area contributed by atoms with Gasteiger partial charge in [0.15, 0.2) is 0 Å².